The molecule has 0 bridgehead atoms. The molecule has 0 spiro atoms. The molecule has 156 valence electrons. The van der Waals surface area contributed by atoms with E-state index < -0.39 is 0 Å². The van der Waals surface area contributed by atoms with Crippen LogP contribution < -0.4 is 16.0 Å². The van der Waals surface area contributed by atoms with E-state index in [0.717, 1.165) is 32.7 Å². The molecule has 1 amide bonds. The molecular weight excluding hydrogens is 419 g/mol. The minimum Gasteiger partial charge on any atom is -0.399 e. The summed E-state index contributed by atoms with van der Waals surface area (Å²) in [5.74, 6) is -0.0669. The lowest BCUT2D eigenvalue weighted by molar-refractivity contribution is 0.0928. The molecule has 1 aliphatic rings. The molecule has 1 heterocycles. The number of amides is 1. The van der Waals surface area contributed by atoms with Crippen LogP contribution in [0.25, 0.3) is 0 Å². The lowest BCUT2D eigenvalue weighted by Gasteiger charge is -2.37. The van der Waals surface area contributed by atoms with Gasteiger partial charge in [-0.1, -0.05) is 24.3 Å². The van der Waals surface area contributed by atoms with E-state index >= 15 is 0 Å². The van der Waals surface area contributed by atoms with Crippen LogP contribution in [0.3, 0.4) is 0 Å². The second kappa shape index (κ2) is 12.7. The lowest BCUT2D eigenvalue weighted by Crippen LogP contribution is -2.50. The topological polar surface area (TPSA) is 61.6 Å². The monoisotopic (exact) mass is 446 g/mol. The minimum absolute atomic E-state index is 0. The van der Waals surface area contributed by atoms with Crippen LogP contribution in [0.1, 0.15) is 17.3 Å². The molecule has 3 N–H and O–H groups in total. The Balaban J connectivity index is 0.00000243. The Morgan fingerprint density at radius 2 is 1.64 bits per heavy atom. The van der Waals surface area contributed by atoms with Gasteiger partial charge in [0.25, 0.3) is 5.91 Å². The number of hydrogen-bond donors (Lipinski definition) is 2. The van der Waals surface area contributed by atoms with Crippen molar-refractivity contribution in [1.82, 2.24) is 10.2 Å². The Morgan fingerprint density at radius 3 is 2.25 bits per heavy atom. The zero-order valence-electron chi connectivity index (χ0n) is 15.9. The Kier molecular flexibility index (Phi) is 12.0. The van der Waals surface area contributed by atoms with Gasteiger partial charge in [0.15, 0.2) is 0 Å². The van der Waals surface area contributed by atoms with Crippen molar-refractivity contribution in [2.24, 2.45) is 0 Å². The van der Waals surface area contributed by atoms with Crippen LogP contribution in [0.15, 0.2) is 54.6 Å². The maximum atomic E-state index is 12.3. The van der Waals surface area contributed by atoms with Gasteiger partial charge in [-0.2, -0.15) is 0 Å². The second-order valence-corrected chi connectivity index (χ2v) is 6.62. The molecule has 1 unspecified atom stereocenters. The summed E-state index contributed by atoms with van der Waals surface area (Å²) in [6.07, 6.45) is 0. The van der Waals surface area contributed by atoms with Gasteiger partial charge in [0.2, 0.25) is 0 Å². The van der Waals surface area contributed by atoms with E-state index in [0.29, 0.717) is 11.3 Å². The van der Waals surface area contributed by atoms with Crippen molar-refractivity contribution < 1.29 is 4.79 Å². The average molecular weight is 448 g/mol. The number of anilines is 2. The van der Waals surface area contributed by atoms with Crippen molar-refractivity contribution in [3.8, 4) is 0 Å². The number of nitrogens with two attached hydrogens (primary N) is 1. The summed E-state index contributed by atoms with van der Waals surface area (Å²) >= 11 is 0. The fourth-order valence-corrected chi connectivity index (χ4v) is 3.25. The minimum atomic E-state index is -0.0669. The van der Waals surface area contributed by atoms with Gasteiger partial charge in [-0.15, -0.1) is 37.2 Å². The third-order valence-electron chi connectivity index (χ3n) is 4.55. The third-order valence-corrected chi connectivity index (χ3v) is 4.55. The number of piperazine rings is 1. The van der Waals surface area contributed by atoms with Crippen molar-refractivity contribution >= 4 is 54.5 Å². The average Bonchev–Trinajstić information content (AvgIpc) is 2.63. The zero-order valence-corrected chi connectivity index (χ0v) is 18.4. The summed E-state index contributed by atoms with van der Waals surface area (Å²) in [5.41, 5.74) is 8.25. The summed E-state index contributed by atoms with van der Waals surface area (Å²) < 4.78 is 0. The molecule has 0 aliphatic carbocycles. The highest BCUT2D eigenvalue weighted by molar-refractivity contribution is 5.95. The first-order chi connectivity index (χ1) is 12.1. The summed E-state index contributed by atoms with van der Waals surface area (Å²) in [6, 6.07) is 17.7. The van der Waals surface area contributed by atoms with E-state index in [4.69, 9.17) is 5.73 Å². The molecule has 2 aromatic rings. The molecule has 3 rings (SSSR count). The van der Waals surface area contributed by atoms with Crippen LogP contribution in [-0.2, 0) is 0 Å². The first kappa shape index (κ1) is 26.3. The van der Waals surface area contributed by atoms with E-state index in [2.05, 4.69) is 39.4 Å². The molecule has 1 atom stereocenters. The molecule has 0 saturated carbocycles. The Hall–Kier alpha value is -1.66. The van der Waals surface area contributed by atoms with Crippen molar-refractivity contribution in [3.63, 3.8) is 0 Å². The summed E-state index contributed by atoms with van der Waals surface area (Å²) in [7, 11) is 0. The highest BCUT2D eigenvalue weighted by Gasteiger charge is 2.19. The fraction of sp³-hybridized carbons (Fsp3) is 0.350. The smallest absolute Gasteiger partial charge is 0.251 e. The fourth-order valence-electron chi connectivity index (χ4n) is 3.25. The van der Waals surface area contributed by atoms with Crippen molar-refractivity contribution in [2.45, 2.75) is 13.0 Å². The molecule has 0 aromatic heterocycles. The van der Waals surface area contributed by atoms with Crippen LogP contribution in [0, 0.1) is 0 Å². The lowest BCUT2D eigenvalue weighted by atomic mass is 10.1. The van der Waals surface area contributed by atoms with E-state index in [1.165, 1.54) is 5.69 Å². The number of benzene rings is 2. The summed E-state index contributed by atoms with van der Waals surface area (Å²) in [4.78, 5) is 17.1. The summed E-state index contributed by atoms with van der Waals surface area (Å²) in [5, 5.41) is 3.06. The first-order valence-electron chi connectivity index (χ1n) is 8.80. The van der Waals surface area contributed by atoms with Crippen molar-refractivity contribution in [3.05, 3.63) is 60.2 Å². The summed E-state index contributed by atoms with van der Waals surface area (Å²) in [6.45, 7) is 6.95. The maximum absolute atomic E-state index is 12.3. The number of nitrogens with zero attached hydrogens (tertiary/aromatic N) is 2. The quantitative estimate of drug-likeness (QED) is 0.689. The first-order valence-corrected chi connectivity index (χ1v) is 8.80. The number of carbonyl (C=O) groups is 1. The van der Waals surface area contributed by atoms with Gasteiger partial charge < -0.3 is 16.0 Å². The number of hydrogen-bond acceptors (Lipinski definition) is 4. The number of nitrogens with one attached hydrogen (secondary N) is 1. The zero-order chi connectivity index (χ0) is 17.6. The van der Waals surface area contributed by atoms with Crippen molar-refractivity contribution in [1.29, 1.82) is 0 Å². The highest BCUT2D eigenvalue weighted by atomic mass is 35.5. The SMILES string of the molecule is CC(CN1CCN(c2ccccc2)CC1)NC(=O)c1cccc(N)c1.Cl.Cl.Cl. The van der Waals surface area contributed by atoms with E-state index in [-0.39, 0.29) is 49.2 Å². The van der Waals surface area contributed by atoms with Crippen LogP contribution in [0.5, 0.6) is 0 Å². The molecule has 1 aliphatic heterocycles. The van der Waals surface area contributed by atoms with Gasteiger partial charge in [-0.05, 0) is 37.3 Å². The van der Waals surface area contributed by atoms with Crippen LogP contribution in [0.2, 0.25) is 0 Å². The number of halogens is 3. The van der Waals surface area contributed by atoms with Gasteiger partial charge in [-0.3, -0.25) is 9.69 Å². The van der Waals surface area contributed by atoms with Crippen molar-refractivity contribution in [2.75, 3.05) is 43.4 Å². The van der Waals surface area contributed by atoms with Crippen LogP contribution >= 0.6 is 37.2 Å². The third kappa shape index (κ3) is 7.40. The maximum Gasteiger partial charge on any atom is 0.251 e. The van der Waals surface area contributed by atoms with Crippen LogP contribution in [-0.4, -0.2) is 49.6 Å². The molecule has 0 radical (unpaired) electrons. The van der Waals surface area contributed by atoms with E-state index in [9.17, 15) is 4.79 Å². The largest absolute Gasteiger partial charge is 0.399 e. The molecule has 8 heteroatoms. The molecule has 1 fully saturated rings. The predicted octanol–water partition coefficient (Wildman–Crippen LogP) is 3.47. The number of para-hydroxylation sites is 1. The predicted molar refractivity (Wildman–Crippen MR) is 125 cm³/mol. The van der Waals surface area contributed by atoms with E-state index in [1.807, 2.05) is 13.0 Å². The Labute approximate surface area is 185 Å². The van der Waals surface area contributed by atoms with E-state index in [1.54, 1.807) is 24.3 Å². The normalized spacial score (nSPS) is 14.7. The second-order valence-electron chi connectivity index (χ2n) is 6.62. The number of rotatable bonds is 5. The molecule has 2 aromatic carbocycles. The van der Waals surface area contributed by atoms with Gasteiger partial charge in [0, 0.05) is 55.7 Å². The number of nitrogen functional groups attached to an aromatic ring is 1. The standard InChI is InChI=1S/C20H26N4O.3ClH/c1-16(22-20(25)17-6-5-7-18(21)14-17)15-23-10-12-24(13-11-23)19-8-3-2-4-9-19;;;/h2-9,14,16H,10-13,15,21H2,1H3,(H,22,25);3*1H. The highest BCUT2D eigenvalue weighted by Crippen LogP contribution is 2.15. The van der Waals surface area contributed by atoms with Gasteiger partial charge in [0.05, 0.1) is 0 Å². The Bertz CT molecular complexity index is 710. The molecule has 5 nitrogen and oxygen atoms in total. The van der Waals surface area contributed by atoms with Gasteiger partial charge in [0.1, 0.15) is 0 Å². The van der Waals surface area contributed by atoms with Crippen LogP contribution in [0.4, 0.5) is 11.4 Å². The molecular formula is C20H29Cl3N4O. The van der Waals surface area contributed by atoms with Gasteiger partial charge >= 0.3 is 0 Å². The van der Waals surface area contributed by atoms with Gasteiger partial charge in [-0.25, -0.2) is 0 Å². The number of carbonyl (C=O) groups excluding carboxylic acids is 1. The molecule has 1 saturated heterocycles. The Morgan fingerprint density at radius 1 is 1.00 bits per heavy atom. The molecule has 28 heavy (non-hydrogen) atoms.